The molecule has 0 spiro atoms. The Morgan fingerprint density at radius 2 is 1.85 bits per heavy atom. The van der Waals surface area contributed by atoms with Gasteiger partial charge in [-0.05, 0) is 62.6 Å². The van der Waals surface area contributed by atoms with Gasteiger partial charge in [-0.25, -0.2) is 9.97 Å². The van der Waals surface area contributed by atoms with Crippen molar-refractivity contribution in [3.05, 3.63) is 40.0 Å². The molecule has 3 aromatic rings. The Morgan fingerprint density at radius 3 is 2.62 bits per heavy atom. The number of ether oxygens (including phenoxy) is 2. The summed E-state index contributed by atoms with van der Waals surface area (Å²) < 4.78 is 11.3. The number of anilines is 1. The topological polar surface area (TPSA) is 56.3 Å². The second-order valence-electron chi connectivity index (χ2n) is 5.74. The second-order valence-corrected chi connectivity index (χ2v) is 7.31. The van der Waals surface area contributed by atoms with E-state index in [1.807, 2.05) is 26.0 Å². The van der Waals surface area contributed by atoms with E-state index >= 15 is 0 Å². The highest BCUT2D eigenvalue weighted by atomic mass is 35.5. The van der Waals surface area contributed by atoms with Gasteiger partial charge in [0.25, 0.3) is 0 Å². The van der Waals surface area contributed by atoms with Crippen molar-refractivity contribution in [2.45, 2.75) is 27.2 Å². The molecule has 0 aliphatic heterocycles. The molecule has 5 nitrogen and oxygen atoms in total. The first-order valence-corrected chi connectivity index (χ1v) is 9.86. The minimum absolute atomic E-state index is 0.265. The molecule has 0 saturated carbocycles. The maximum absolute atomic E-state index is 6.05. The Kier molecular flexibility index (Phi) is 6.16. The first-order chi connectivity index (χ1) is 12.6. The zero-order chi connectivity index (χ0) is 18.5. The van der Waals surface area contributed by atoms with Crippen LogP contribution in [0.2, 0.25) is 5.28 Å². The van der Waals surface area contributed by atoms with E-state index in [1.165, 1.54) is 10.4 Å². The summed E-state index contributed by atoms with van der Waals surface area (Å²) in [6.07, 6.45) is 0.832. The molecule has 1 N–H and O–H groups in total. The van der Waals surface area contributed by atoms with Gasteiger partial charge in [0.05, 0.1) is 18.6 Å². The monoisotopic (exact) mass is 391 g/mol. The quantitative estimate of drug-likeness (QED) is 0.541. The molecule has 7 heteroatoms. The van der Waals surface area contributed by atoms with Crippen LogP contribution in [0.1, 0.15) is 24.3 Å². The number of aryl methyl sites for hydroxylation is 1. The third kappa shape index (κ3) is 4.37. The number of rotatable bonds is 8. The van der Waals surface area contributed by atoms with Crippen LogP contribution in [0.25, 0.3) is 10.2 Å². The Hall–Kier alpha value is -2.05. The number of halogens is 1. The summed E-state index contributed by atoms with van der Waals surface area (Å²) in [5, 5.41) is 4.66. The molecule has 0 atom stereocenters. The highest BCUT2D eigenvalue weighted by molar-refractivity contribution is 7.18. The van der Waals surface area contributed by atoms with Crippen molar-refractivity contribution in [1.82, 2.24) is 9.97 Å². The van der Waals surface area contributed by atoms with Crippen LogP contribution < -0.4 is 14.8 Å². The lowest BCUT2D eigenvalue weighted by Gasteiger charge is -2.13. The van der Waals surface area contributed by atoms with Crippen LogP contribution in [0.3, 0.4) is 0 Å². The van der Waals surface area contributed by atoms with Crippen LogP contribution >= 0.6 is 22.9 Å². The molecule has 138 valence electrons. The highest BCUT2D eigenvalue weighted by Gasteiger charge is 2.10. The lowest BCUT2D eigenvalue weighted by Crippen LogP contribution is -2.07. The van der Waals surface area contributed by atoms with Gasteiger partial charge in [-0.15, -0.1) is 11.3 Å². The number of benzene rings is 1. The predicted molar refractivity (Wildman–Crippen MR) is 108 cm³/mol. The Labute approximate surface area is 162 Å². The standard InChI is InChI=1S/C19H22ClN3O2S/c1-4-24-15-7-6-13(11-16(15)25-5-2)8-9-21-17-14-10-12(3)26-18(14)23-19(20)22-17/h6-7,10-11H,4-5,8-9H2,1-3H3,(H,21,22,23). The van der Waals surface area contributed by atoms with E-state index in [2.05, 4.69) is 34.3 Å². The molecular formula is C19H22ClN3O2S. The van der Waals surface area contributed by atoms with Crippen molar-refractivity contribution in [3.8, 4) is 11.5 Å². The molecule has 2 heterocycles. The zero-order valence-corrected chi connectivity index (χ0v) is 16.7. The molecular weight excluding hydrogens is 370 g/mol. The van der Waals surface area contributed by atoms with Gasteiger partial charge in [0.2, 0.25) is 5.28 Å². The van der Waals surface area contributed by atoms with Gasteiger partial charge in [-0.2, -0.15) is 0 Å². The number of aromatic nitrogens is 2. The molecule has 0 radical (unpaired) electrons. The minimum atomic E-state index is 0.265. The van der Waals surface area contributed by atoms with Crippen LogP contribution in [0, 0.1) is 6.92 Å². The number of nitrogens with zero attached hydrogens (tertiary/aromatic N) is 2. The molecule has 0 unspecified atom stereocenters. The van der Waals surface area contributed by atoms with E-state index in [9.17, 15) is 0 Å². The van der Waals surface area contributed by atoms with E-state index in [0.29, 0.717) is 13.2 Å². The van der Waals surface area contributed by atoms with Gasteiger partial charge < -0.3 is 14.8 Å². The van der Waals surface area contributed by atoms with Crippen LogP contribution in [0.15, 0.2) is 24.3 Å². The summed E-state index contributed by atoms with van der Waals surface area (Å²) >= 11 is 7.66. The largest absolute Gasteiger partial charge is 0.490 e. The minimum Gasteiger partial charge on any atom is -0.490 e. The first kappa shape index (κ1) is 18.7. The molecule has 2 aromatic heterocycles. The smallest absolute Gasteiger partial charge is 0.225 e. The van der Waals surface area contributed by atoms with Crippen LogP contribution in [-0.2, 0) is 6.42 Å². The molecule has 0 saturated heterocycles. The van der Waals surface area contributed by atoms with Crippen molar-refractivity contribution in [2.24, 2.45) is 0 Å². The lowest BCUT2D eigenvalue weighted by atomic mass is 10.1. The van der Waals surface area contributed by atoms with E-state index in [1.54, 1.807) is 11.3 Å². The van der Waals surface area contributed by atoms with Crippen molar-refractivity contribution in [3.63, 3.8) is 0 Å². The number of thiophene rings is 1. The average molecular weight is 392 g/mol. The van der Waals surface area contributed by atoms with Gasteiger partial charge in [-0.1, -0.05) is 6.07 Å². The van der Waals surface area contributed by atoms with E-state index < -0.39 is 0 Å². The molecule has 1 aromatic carbocycles. The summed E-state index contributed by atoms with van der Waals surface area (Å²) in [5.74, 6) is 2.34. The Morgan fingerprint density at radius 1 is 1.08 bits per heavy atom. The summed E-state index contributed by atoms with van der Waals surface area (Å²) in [6.45, 7) is 7.95. The van der Waals surface area contributed by atoms with E-state index in [0.717, 1.165) is 40.5 Å². The van der Waals surface area contributed by atoms with Gasteiger partial charge in [0.15, 0.2) is 11.5 Å². The summed E-state index contributed by atoms with van der Waals surface area (Å²) in [7, 11) is 0. The number of nitrogens with one attached hydrogen (secondary N) is 1. The number of hydrogen-bond donors (Lipinski definition) is 1. The van der Waals surface area contributed by atoms with Crippen molar-refractivity contribution in [1.29, 1.82) is 0 Å². The lowest BCUT2D eigenvalue weighted by molar-refractivity contribution is 0.287. The molecule has 0 aliphatic rings. The van der Waals surface area contributed by atoms with Crippen LogP contribution in [0.4, 0.5) is 5.82 Å². The van der Waals surface area contributed by atoms with Gasteiger partial charge in [-0.3, -0.25) is 0 Å². The highest BCUT2D eigenvalue weighted by Crippen LogP contribution is 2.30. The summed E-state index contributed by atoms with van der Waals surface area (Å²) in [4.78, 5) is 10.7. The fourth-order valence-electron chi connectivity index (χ4n) is 2.73. The maximum atomic E-state index is 6.05. The molecule has 0 bridgehead atoms. The third-order valence-corrected chi connectivity index (χ3v) is 4.92. The zero-order valence-electron chi connectivity index (χ0n) is 15.1. The summed E-state index contributed by atoms with van der Waals surface area (Å²) in [6, 6.07) is 8.15. The molecule has 3 rings (SSSR count). The van der Waals surface area contributed by atoms with Crippen molar-refractivity contribution < 1.29 is 9.47 Å². The molecule has 0 fully saturated rings. The maximum Gasteiger partial charge on any atom is 0.225 e. The van der Waals surface area contributed by atoms with Crippen molar-refractivity contribution >= 4 is 39.0 Å². The predicted octanol–water partition coefficient (Wildman–Crippen LogP) is 5.11. The molecule has 26 heavy (non-hydrogen) atoms. The van der Waals surface area contributed by atoms with Gasteiger partial charge >= 0.3 is 0 Å². The fraction of sp³-hybridized carbons (Fsp3) is 0.368. The van der Waals surface area contributed by atoms with Crippen LogP contribution in [-0.4, -0.2) is 29.7 Å². The third-order valence-electron chi connectivity index (χ3n) is 3.80. The van der Waals surface area contributed by atoms with E-state index in [4.69, 9.17) is 21.1 Å². The van der Waals surface area contributed by atoms with Gasteiger partial charge in [0.1, 0.15) is 10.6 Å². The number of fused-ring (bicyclic) bond motifs is 1. The SMILES string of the molecule is CCOc1ccc(CCNc2nc(Cl)nc3sc(C)cc23)cc1OCC. The Bertz CT molecular complexity index is 898. The normalized spacial score (nSPS) is 10.9. The first-order valence-electron chi connectivity index (χ1n) is 8.66. The number of hydrogen-bond acceptors (Lipinski definition) is 6. The second kappa shape index (κ2) is 8.56. The molecule has 0 amide bonds. The average Bonchev–Trinajstić information content (AvgIpc) is 2.97. The fourth-order valence-corrected chi connectivity index (χ4v) is 3.83. The van der Waals surface area contributed by atoms with Crippen LogP contribution in [0.5, 0.6) is 11.5 Å². The Balaban J connectivity index is 1.71. The molecule has 0 aliphatic carbocycles. The van der Waals surface area contributed by atoms with Gasteiger partial charge in [0, 0.05) is 11.4 Å². The van der Waals surface area contributed by atoms with E-state index in [-0.39, 0.29) is 5.28 Å². The summed E-state index contributed by atoms with van der Waals surface area (Å²) in [5.41, 5.74) is 1.17. The van der Waals surface area contributed by atoms with Crippen molar-refractivity contribution in [2.75, 3.05) is 25.1 Å².